The van der Waals surface area contributed by atoms with Crippen molar-refractivity contribution in [3.8, 4) is 0 Å². The second-order valence-electron chi connectivity index (χ2n) is 1.83. The van der Waals surface area contributed by atoms with Crippen LogP contribution in [0.4, 0.5) is 0 Å². The minimum Gasteiger partial charge on any atom is -0.323 e. The van der Waals surface area contributed by atoms with Gasteiger partial charge in [-0.15, -0.1) is 0 Å². The number of nitrogens with two attached hydrogens (primary N) is 1. The summed E-state index contributed by atoms with van der Waals surface area (Å²) in [6.07, 6.45) is 4.31. The number of allylic oxidation sites excluding steroid dienone is 2. The van der Waals surface area contributed by atoms with Gasteiger partial charge in [0.25, 0.3) is 15.1 Å². The van der Waals surface area contributed by atoms with Crippen molar-refractivity contribution in [2.24, 2.45) is 5.14 Å². The number of sulfonamides is 1. The molecule has 0 bridgehead atoms. The summed E-state index contributed by atoms with van der Waals surface area (Å²) in [6.45, 7) is 0.204. The van der Waals surface area contributed by atoms with E-state index in [0.717, 1.165) is 0 Å². The average molecular weight is 177 g/mol. The molecular weight excluding hydrogens is 170 g/mol. The van der Waals surface area contributed by atoms with Crippen molar-refractivity contribution >= 4 is 10.0 Å². The van der Waals surface area contributed by atoms with E-state index in [1.807, 2.05) is 0 Å². The third-order valence-corrected chi connectivity index (χ3v) is 1.72. The minimum atomic E-state index is -3.79. The highest BCUT2D eigenvalue weighted by molar-refractivity contribution is 7.92. The Bertz CT molecular complexity index is 290. The summed E-state index contributed by atoms with van der Waals surface area (Å²) in [5, 5.41) is 4.36. The first kappa shape index (κ1) is 8.25. The maximum absolute atomic E-state index is 10.6. The van der Waals surface area contributed by atoms with Crippen LogP contribution in [0.25, 0.3) is 0 Å². The van der Waals surface area contributed by atoms with E-state index in [9.17, 15) is 8.42 Å². The van der Waals surface area contributed by atoms with Gasteiger partial charge in [0.1, 0.15) is 6.61 Å². The molecule has 0 saturated heterocycles. The normalized spacial score (nSPS) is 18.5. The fraction of sp³-hybridized carbons (Fsp3) is 0.200. The van der Waals surface area contributed by atoms with Crippen LogP contribution >= 0.6 is 0 Å². The van der Waals surface area contributed by atoms with Gasteiger partial charge in [-0.25, -0.2) is 13.6 Å². The van der Waals surface area contributed by atoms with E-state index >= 15 is 0 Å². The first-order valence-electron chi connectivity index (χ1n) is 2.80. The largest absolute Gasteiger partial charge is 0.323 e. The van der Waals surface area contributed by atoms with Gasteiger partial charge in [0, 0.05) is 0 Å². The second kappa shape index (κ2) is 3.04. The van der Waals surface area contributed by atoms with Crippen LogP contribution in [-0.2, 0) is 19.8 Å². The van der Waals surface area contributed by atoms with Crippen molar-refractivity contribution in [3.05, 3.63) is 23.3 Å². The van der Waals surface area contributed by atoms with Gasteiger partial charge >= 0.3 is 0 Å². The fourth-order valence-corrected chi connectivity index (χ4v) is 0.915. The first-order chi connectivity index (χ1) is 5.11. The van der Waals surface area contributed by atoms with Gasteiger partial charge in [-0.1, -0.05) is 12.2 Å². The van der Waals surface area contributed by atoms with Crippen LogP contribution in [0.15, 0.2) is 23.3 Å². The van der Waals surface area contributed by atoms with E-state index in [1.165, 1.54) is 12.2 Å². The average Bonchev–Trinajstić information content (AvgIpc) is 2.10. The van der Waals surface area contributed by atoms with Gasteiger partial charge in [-0.05, 0) is 6.08 Å². The molecule has 0 atom stereocenters. The van der Waals surface area contributed by atoms with Crippen LogP contribution in [0.1, 0.15) is 0 Å². The Kier molecular flexibility index (Phi) is 2.28. The lowest BCUT2D eigenvalue weighted by Crippen LogP contribution is -2.16. The van der Waals surface area contributed by atoms with Crippen molar-refractivity contribution in [1.82, 2.24) is 0 Å². The molecule has 0 radical (unpaired) electrons. The first-order valence-corrected chi connectivity index (χ1v) is 4.34. The minimum absolute atomic E-state index is 0.204. The number of hydrogen-bond donors (Lipinski definition) is 1. The molecule has 62 valence electrons. The van der Waals surface area contributed by atoms with Crippen LogP contribution in [0, 0.1) is 0 Å². The summed E-state index contributed by atoms with van der Waals surface area (Å²) in [5.41, 5.74) is 0. The standard InChI is InChI=1S/C5H7NO4S/c6-11(7,8)5-3-1-2-4-9-10-5/h1-3H,4H2,(H2,6,7,8). The quantitative estimate of drug-likeness (QED) is 0.554. The molecule has 6 heteroatoms. The highest BCUT2D eigenvalue weighted by Crippen LogP contribution is 2.07. The molecule has 0 spiro atoms. The maximum Gasteiger partial charge on any atom is 0.274 e. The third kappa shape index (κ3) is 2.34. The van der Waals surface area contributed by atoms with E-state index in [0.29, 0.717) is 0 Å². The SMILES string of the molecule is NS(=O)(=O)C1=CC=CCOO1. The summed E-state index contributed by atoms with van der Waals surface area (Å²) >= 11 is 0. The Morgan fingerprint density at radius 1 is 1.55 bits per heavy atom. The van der Waals surface area contributed by atoms with Crippen molar-refractivity contribution in [2.45, 2.75) is 0 Å². The maximum atomic E-state index is 10.6. The summed E-state index contributed by atoms with van der Waals surface area (Å²) in [6, 6.07) is 0. The number of rotatable bonds is 1. The molecule has 1 heterocycles. The summed E-state index contributed by atoms with van der Waals surface area (Å²) in [4.78, 5) is 8.77. The molecule has 0 amide bonds. The Balaban J connectivity index is 2.88. The van der Waals surface area contributed by atoms with E-state index in [4.69, 9.17) is 5.14 Å². The van der Waals surface area contributed by atoms with Crippen LogP contribution in [0.2, 0.25) is 0 Å². The van der Waals surface area contributed by atoms with Crippen LogP contribution in [0.3, 0.4) is 0 Å². The molecule has 1 aliphatic heterocycles. The predicted molar refractivity (Wildman–Crippen MR) is 37.4 cm³/mol. The molecule has 0 aromatic heterocycles. The molecule has 2 N–H and O–H groups in total. The number of primary sulfonamides is 1. The molecule has 1 rings (SSSR count). The molecule has 0 aliphatic carbocycles. The summed E-state index contributed by atoms with van der Waals surface area (Å²) < 4.78 is 21.2. The number of hydrogen-bond acceptors (Lipinski definition) is 4. The highest BCUT2D eigenvalue weighted by atomic mass is 32.2. The zero-order chi connectivity index (χ0) is 8.32. The van der Waals surface area contributed by atoms with Crippen molar-refractivity contribution in [3.63, 3.8) is 0 Å². The molecule has 0 aromatic rings. The van der Waals surface area contributed by atoms with E-state index in [1.54, 1.807) is 6.08 Å². The Morgan fingerprint density at radius 2 is 2.27 bits per heavy atom. The fourth-order valence-electron chi connectivity index (χ4n) is 0.504. The van der Waals surface area contributed by atoms with Crippen LogP contribution in [-0.4, -0.2) is 15.0 Å². The third-order valence-electron chi connectivity index (χ3n) is 0.954. The molecule has 1 aliphatic rings. The van der Waals surface area contributed by atoms with E-state index in [-0.39, 0.29) is 11.7 Å². The van der Waals surface area contributed by atoms with Gasteiger partial charge < -0.3 is 4.89 Å². The molecular formula is C5H7NO4S. The summed E-state index contributed by atoms with van der Waals surface area (Å²) in [7, 11) is -3.79. The lowest BCUT2D eigenvalue weighted by molar-refractivity contribution is -0.243. The van der Waals surface area contributed by atoms with Gasteiger partial charge in [-0.2, -0.15) is 4.89 Å². The smallest absolute Gasteiger partial charge is 0.274 e. The molecule has 0 fully saturated rings. The van der Waals surface area contributed by atoms with Crippen LogP contribution in [0.5, 0.6) is 0 Å². The molecule has 11 heavy (non-hydrogen) atoms. The van der Waals surface area contributed by atoms with Gasteiger partial charge in [-0.3, -0.25) is 0 Å². The molecule has 0 unspecified atom stereocenters. The molecule has 0 saturated carbocycles. The predicted octanol–water partition coefficient (Wildman–Crippen LogP) is -0.366. The van der Waals surface area contributed by atoms with E-state index < -0.39 is 10.0 Å². The van der Waals surface area contributed by atoms with E-state index in [2.05, 4.69) is 9.78 Å². The lowest BCUT2D eigenvalue weighted by atomic mass is 10.5. The van der Waals surface area contributed by atoms with Gasteiger partial charge in [0.05, 0.1) is 0 Å². The Hall–Kier alpha value is -0.850. The van der Waals surface area contributed by atoms with Crippen molar-refractivity contribution < 1.29 is 18.2 Å². The molecule has 0 aromatic carbocycles. The zero-order valence-corrected chi connectivity index (χ0v) is 6.37. The second-order valence-corrected chi connectivity index (χ2v) is 3.32. The molecule has 5 nitrogen and oxygen atoms in total. The monoisotopic (exact) mass is 177 g/mol. The van der Waals surface area contributed by atoms with Crippen LogP contribution < -0.4 is 5.14 Å². The Labute approximate surface area is 64.1 Å². The van der Waals surface area contributed by atoms with Crippen molar-refractivity contribution in [2.75, 3.05) is 6.61 Å². The lowest BCUT2D eigenvalue weighted by Gasteiger charge is -2.01. The zero-order valence-electron chi connectivity index (χ0n) is 5.56. The Morgan fingerprint density at radius 3 is 2.91 bits per heavy atom. The highest BCUT2D eigenvalue weighted by Gasteiger charge is 2.14. The van der Waals surface area contributed by atoms with Gasteiger partial charge in [0.2, 0.25) is 0 Å². The van der Waals surface area contributed by atoms with Crippen molar-refractivity contribution in [1.29, 1.82) is 0 Å². The summed E-state index contributed by atoms with van der Waals surface area (Å²) in [5.74, 6) is 0. The topological polar surface area (TPSA) is 78.6 Å². The van der Waals surface area contributed by atoms with Gasteiger partial charge in [0.15, 0.2) is 0 Å².